The van der Waals surface area contributed by atoms with Crippen LogP contribution in [0.2, 0.25) is 0 Å². The molecule has 110 valence electrons. The van der Waals surface area contributed by atoms with Gasteiger partial charge in [-0.25, -0.2) is 4.79 Å². The van der Waals surface area contributed by atoms with Gasteiger partial charge in [-0.05, 0) is 43.4 Å². The number of nitrogens with zero attached hydrogens (tertiary/aromatic N) is 1. The number of carbonyl (C=O) groups excluding carboxylic acids is 1. The third kappa shape index (κ3) is 3.31. The molecule has 1 saturated heterocycles. The number of carbonyl (C=O) groups is 1. The number of hydrogen-bond acceptors (Lipinski definition) is 2. The lowest BCUT2D eigenvalue weighted by atomic mass is 10.0. The lowest BCUT2D eigenvalue weighted by molar-refractivity contribution is 0.192. The number of anilines is 1. The van der Waals surface area contributed by atoms with E-state index in [0.717, 1.165) is 30.6 Å². The molecule has 4 nitrogen and oxygen atoms in total. The Morgan fingerprint density at radius 3 is 2.80 bits per heavy atom. The number of benzene rings is 1. The van der Waals surface area contributed by atoms with Gasteiger partial charge in [0.05, 0.1) is 0 Å². The number of rotatable bonds is 3. The Hall–Kier alpha value is -1.55. The average Bonchev–Trinajstić information content (AvgIpc) is 2.88. The molecule has 0 saturated carbocycles. The van der Waals surface area contributed by atoms with Gasteiger partial charge in [0.1, 0.15) is 0 Å². The van der Waals surface area contributed by atoms with Crippen molar-refractivity contribution in [2.45, 2.75) is 45.7 Å². The van der Waals surface area contributed by atoms with Crippen molar-refractivity contribution >= 4 is 11.7 Å². The van der Waals surface area contributed by atoms with Gasteiger partial charge in [0.25, 0.3) is 0 Å². The second-order valence-electron chi connectivity index (χ2n) is 5.99. The summed E-state index contributed by atoms with van der Waals surface area (Å²) in [4.78, 5) is 14.4. The third-order valence-electron chi connectivity index (χ3n) is 3.99. The summed E-state index contributed by atoms with van der Waals surface area (Å²) in [6.45, 7) is 7.14. The summed E-state index contributed by atoms with van der Waals surface area (Å²) in [5.74, 6) is 0.499. The second-order valence-corrected chi connectivity index (χ2v) is 5.99. The van der Waals surface area contributed by atoms with Crippen molar-refractivity contribution in [2.24, 2.45) is 11.7 Å². The quantitative estimate of drug-likeness (QED) is 0.888. The molecule has 3 N–H and O–H groups in total. The highest BCUT2D eigenvalue weighted by atomic mass is 16.2. The van der Waals surface area contributed by atoms with Crippen LogP contribution in [-0.4, -0.2) is 23.5 Å². The first kappa shape index (κ1) is 14.9. The monoisotopic (exact) mass is 275 g/mol. The van der Waals surface area contributed by atoms with Crippen LogP contribution in [0.3, 0.4) is 0 Å². The Bertz CT molecular complexity index is 471. The molecule has 1 fully saturated rings. The SMILES string of the molecule is CC(N)c1cccc(NC(=O)N2CCCC2C(C)C)c1. The van der Waals surface area contributed by atoms with Gasteiger partial charge >= 0.3 is 6.03 Å². The summed E-state index contributed by atoms with van der Waals surface area (Å²) in [7, 11) is 0. The molecule has 0 aromatic heterocycles. The van der Waals surface area contributed by atoms with Gasteiger partial charge in [0.15, 0.2) is 0 Å². The molecule has 1 aliphatic rings. The summed E-state index contributed by atoms with van der Waals surface area (Å²) < 4.78 is 0. The van der Waals surface area contributed by atoms with Gasteiger partial charge < -0.3 is 16.0 Å². The Labute approximate surface area is 121 Å². The van der Waals surface area contributed by atoms with E-state index in [9.17, 15) is 4.79 Å². The van der Waals surface area contributed by atoms with E-state index in [1.807, 2.05) is 36.1 Å². The van der Waals surface area contributed by atoms with Gasteiger partial charge in [0, 0.05) is 24.3 Å². The molecule has 1 aliphatic heterocycles. The van der Waals surface area contributed by atoms with Crippen molar-refractivity contribution in [3.8, 4) is 0 Å². The number of amides is 2. The maximum absolute atomic E-state index is 12.4. The first-order valence-electron chi connectivity index (χ1n) is 7.42. The Morgan fingerprint density at radius 1 is 1.40 bits per heavy atom. The maximum Gasteiger partial charge on any atom is 0.322 e. The molecular weight excluding hydrogens is 250 g/mol. The fourth-order valence-electron chi connectivity index (χ4n) is 2.83. The summed E-state index contributed by atoms with van der Waals surface area (Å²) in [5, 5.41) is 3.00. The minimum absolute atomic E-state index is 0.00280. The number of nitrogens with one attached hydrogen (secondary N) is 1. The molecule has 2 amide bonds. The Kier molecular flexibility index (Phi) is 4.65. The summed E-state index contributed by atoms with van der Waals surface area (Å²) in [5.41, 5.74) is 7.72. The molecule has 1 heterocycles. The molecule has 2 atom stereocenters. The predicted octanol–water partition coefficient (Wildman–Crippen LogP) is 3.36. The molecule has 2 rings (SSSR count). The maximum atomic E-state index is 12.4. The summed E-state index contributed by atoms with van der Waals surface area (Å²) in [6, 6.07) is 8.09. The van der Waals surface area contributed by atoms with Crippen molar-refractivity contribution in [3.05, 3.63) is 29.8 Å². The van der Waals surface area contributed by atoms with Crippen LogP contribution in [0, 0.1) is 5.92 Å². The summed E-state index contributed by atoms with van der Waals surface area (Å²) in [6.07, 6.45) is 2.20. The minimum Gasteiger partial charge on any atom is -0.324 e. The molecule has 0 radical (unpaired) electrons. The van der Waals surface area contributed by atoms with Crippen LogP contribution >= 0.6 is 0 Å². The van der Waals surface area contributed by atoms with Gasteiger partial charge in [-0.1, -0.05) is 26.0 Å². The molecule has 0 aliphatic carbocycles. The molecule has 0 spiro atoms. The van der Waals surface area contributed by atoms with E-state index in [4.69, 9.17) is 5.73 Å². The third-order valence-corrected chi connectivity index (χ3v) is 3.99. The van der Waals surface area contributed by atoms with E-state index in [1.54, 1.807) is 0 Å². The minimum atomic E-state index is -0.0259. The van der Waals surface area contributed by atoms with Gasteiger partial charge in [-0.3, -0.25) is 0 Å². The molecule has 20 heavy (non-hydrogen) atoms. The van der Waals surface area contributed by atoms with Gasteiger partial charge in [-0.15, -0.1) is 0 Å². The zero-order valence-corrected chi connectivity index (χ0v) is 12.6. The smallest absolute Gasteiger partial charge is 0.322 e. The summed E-state index contributed by atoms with van der Waals surface area (Å²) >= 11 is 0. The highest BCUT2D eigenvalue weighted by Gasteiger charge is 2.30. The van der Waals surface area contributed by atoms with Crippen LogP contribution in [0.25, 0.3) is 0 Å². The normalized spacial score (nSPS) is 20.2. The van der Waals surface area contributed by atoms with Crippen molar-refractivity contribution < 1.29 is 4.79 Å². The second kappa shape index (κ2) is 6.27. The van der Waals surface area contributed by atoms with Crippen LogP contribution in [0.1, 0.15) is 45.2 Å². The van der Waals surface area contributed by atoms with Crippen molar-refractivity contribution in [1.29, 1.82) is 0 Å². The number of nitrogens with two attached hydrogens (primary N) is 1. The van der Waals surface area contributed by atoms with E-state index in [-0.39, 0.29) is 12.1 Å². The fourth-order valence-corrected chi connectivity index (χ4v) is 2.83. The largest absolute Gasteiger partial charge is 0.324 e. The zero-order valence-electron chi connectivity index (χ0n) is 12.6. The molecular formula is C16H25N3O. The van der Waals surface area contributed by atoms with E-state index in [0.29, 0.717) is 12.0 Å². The highest BCUT2D eigenvalue weighted by Crippen LogP contribution is 2.25. The number of likely N-dealkylation sites (tertiary alicyclic amines) is 1. The Morgan fingerprint density at radius 2 is 2.15 bits per heavy atom. The van der Waals surface area contributed by atoms with Crippen LogP contribution in [0.5, 0.6) is 0 Å². The van der Waals surface area contributed by atoms with E-state index < -0.39 is 0 Å². The van der Waals surface area contributed by atoms with Crippen molar-refractivity contribution in [1.82, 2.24) is 4.90 Å². The van der Waals surface area contributed by atoms with Crippen LogP contribution in [-0.2, 0) is 0 Å². The standard InChI is InChI=1S/C16H25N3O/c1-11(2)15-8-5-9-19(15)16(20)18-14-7-4-6-13(10-14)12(3)17/h4,6-7,10-12,15H,5,8-9,17H2,1-3H3,(H,18,20). The van der Waals surface area contributed by atoms with Crippen LogP contribution in [0.4, 0.5) is 10.5 Å². The van der Waals surface area contributed by atoms with Crippen LogP contribution in [0.15, 0.2) is 24.3 Å². The lowest BCUT2D eigenvalue weighted by Gasteiger charge is -2.28. The van der Waals surface area contributed by atoms with Gasteiger partial charge in [0.2, 0.25) is 0 Å². The number of urea groups is 1. The average molecular weight is 275 g/mol. The lowest BCUT2D eigenvalue weighted by Crippen LogP contribution is -2.41. The Balaban J connectivity index is 2.06. The fraction of sp³-hybridized carbons (Fsp3) is 0.562. The molecule has 4 heteroatoms. The number of hydrogen-bond donors (Lipinski definition) is 2. The van der Waals surface area contributed by atoms with Crippen molar-refractivity contribution in [2.75, 3.05) is 11.9 Å². The molecule has 0 bridgehead atoms. The topological polar surface area (TPSA) is 58.4 Å². The first-order valence-corrected chi connectivity index (χ1v) is 7.42. The molecule has 1 aromatic carbocycles. The predicted molar refractivity (Wildman–Crippen MR) is 82.6 cm³/mol. The molecule has 1 aromatic rings. The van der Waals surface area contributed by atoms with E-state index in [2.05, 4.69) is 19.2 Å². The molecule has 2 unspecified atom stereocenters. The van der Waals surface area contributed by atoms with E-state index in [1.165, 1.54) is 0 Å². The van der Waals surface area contributed by atoms with Crippen molar-refractivity contribution in [3.63, 3.8) is 0 Å². The van der Waals surface area contributed by atoms with E-state index >= 15 is 0 Å². The first-order chi connectivity index (χ1) is 9.49. The zero-order chi connectivity index (χ0) is 14.7. The highest BCUT2D eigenvalue weighted by molar-refractivity contribution is 5.89. The van der Waals surface area contributed by atoms with Gasteiger partial charge in [-0.2, -0.15) is 0 Å². The van der Waals surface area contributed by atoms with Crippen LogP contribution < -0.4 is 11.1 Å².